The van der Waals surface area contributed by atoms with Gasteiger partial charge < -0.3 is 0 Å². The lowest BCUT2D eigenvalue weighted by molar-refractivity contribution is 0.664. The Hall–Kier alpha value is -1.82. The first-order valence-corrected chi connectivity index (χ1v) is 9.81. The van der Waals surface area contributed by atoms with Gasteiger partial charge in [0.15, 0.2) is 0 Å². The van der Waals surface area contributed by atoms with Crippen molar-refractivity contribution in [3.8, 4) is 0 Å². The summed E-state index contributed by atoms with van der Waals surface area (Å²) in [5.41, 5.74) is 5.76. The van der Waals surface area contributed by atoms with E-state index in [1.54, 1.807) is 0 Å². The van der Waals surface area contributed by atoms with Crippen LogP contribution in [-0.2, 0) is 0 Å². The Morgan fingerprint density at radius 2 is 1.25 bits per heavy atom. The van der Waals surface area contributed by atoms with Crippen molar-refractivity contribution in [1.29, 1.82) is 0 Å². The van der Waals surface area contributed by atoms with Crippen LogP contribution in [0.25, 0.3) is 12.2 Å². The van der Waals surface area contributed by atoms with Gasteiger partial charge in [-0.25, -0.2) is 0 Å². The van der Waals surface area contributed by atoms with Gasteiger partial charge in [0.2, 0.25) is 0 Å². The van der Waals surface area contributed by atoms with Crippen molar-refractivity contribution < 1.29 is 0 Å². The van der Waals surface area contributed by atoms with E-state index in [1.165, 1.54) is 22.3 Å². The third-order valence-corrected chi connectivity index (χ3v) is 3.80. The fourth-order valence-electron chi connectivity index (χ4n) is 3.08. The Morgan fingerprint density at radius 1 is 0.667 bits per heavy atom. The molecule has 0 saturated heterocycles. The molecule has 3 aliphatic rings. The van der Waals surface area contributed by atoms with Crippen LogP contribution in [0, 0.1) is 5.92 Å². The van der Waals surface area contributed by atoms with E-state index in [2.05, 4.69) is 60.7 Å². The minimum atomic E-state index is 0.554. The lowest BCUT2D eigenvalue weighted by Gasteiger charge is -2.34. The first-order valence-electron chi connectivity index (χ1n) is 9.81. The molecule has 0 N–H and O–H groups in total. The van der Waals surface area contributed by atoms with Gasteiger partial charge in [0, 0.05) is 11.8 Å². The predicted octanol–water partition coefficient (Wildman–Crippen LogP) is 8.04. The molecule has 4 rings (SSSR count). The topological polar surface area (TPSA) is 0 Å². The molecule has 2 unspecified atom stereocenters. The molecule has 132 valence electrons. The molecule has 0 amide bonds. The van der Waals surface area contributed by atoms with Gasteiger partial charge in [0.25, 0.3) is 0 Å². The maximum atomic E-state index is 2.33. The zero-order valence-electron chi connectivity index (χ0n) is 16.9. The van der Waals surface area contributed by atoms with Crippen LogP contribution in [0.3, 0.4) is 0 Å². The van der Waals surface area contributed by atoms with E-state index < -0.39 is 0 Å². The van der Waals surface area contributed by atoms with E-state index in [0.717, 1.165) is 0 Å². The van der Waals surface area contributed by atoms with Crippen molar-refractivity contribution in [2.75, 3.05) is 0 Å². The van der Waals surface area contributed by atoms with Crippen LogP contribution in [0.1, 0.15) is 78.0 Å². The summed E-state index contributed by atoms with van der Waals surface area (Å²) < 4.78 is 0. The van der Waals surface area contributed by atoms with Gasteiger partial charge in [-0.1, -0.05) is 116 Å². The number of allylic oxidation sites excluding steroid dienone is 6. The zero-order chi connectivity index (χ0) is 18.5. The second kappa shape index (κ2) is 12.6. The summed E-state index contributed by atoms with van der Waals surface area (Å²) in [6, 6.07) is 6.60. The van der Waals surface area contributed by atoms with Crippen LogP contribution in [0.15, 0.2) is 54.2 Å². The number of hydrogen-bond donors (Lipinski definition) is 0. The van der Waals surface area contributed by atoms with E-state index in [1.807, 2.05) is 55.4 Å². The van der Waals surface area contributed by atoms with Crippen LogP contribution in [0.2, 0.25) is 0 Å². The van der Waals surface area contributed by atoms with Crippen LogP contribution >= 0.6 is 0 Å². The molecule has 0 nitrogen and oxygen atoms in total. The lowest BCUT2D eigenvalue weighted by atomic mass is 9.69. The second-order valence-electron chi connectivity index (χ2n) is 4.65. The first kappa shape index (κ1) is 22.2. The average Bonchev–Trinajstić information content (AvgIpc) is 2.72. The third-order valence-electron chi connectivity index (χ3n) is 3.80. The summed E-state index contributed by atoms with van der Waals surface area (Å²) in [6.07, 6.45) is 15.9. The van der Waals surface area contributed by atoms with E-state index in [4.69, 9.17) is 0 Å². The summed E-state index contributed by atoms with van der Waals surface area (Å²) in [4.78, 5) is 0. The van der Waals surface area contributed by atoms with Crippen molar-refractivity contribution >= 4 is 12.2 Å². The molecule has 24 heavy (non-hydrogen) atoms. The molecule has 0 heteroatoms. The Bertz CT molecular complexity index is 582. The van der Waals surface area contributed by atoms with Gasteiger partial charge in [-0.3, -0.25) is 0 Å². The maximum Gasteiger partial charge on any atom is 0.0199 e. The molecule has 3 aliphatic carbocycles. The molecule has 0 bridgehead atoms. The summed E-state index contributed by atoms with van der Waals surface area (Å²) in [5.74, 6) is 1.12. The summed E-state index contributed by atoms with van der Waals surface area (Å²) in [6.45, 7) is 16.0. The normalized spacial score (nSPS) is 19.4. The van der Waals surface area contributed by atoms with E-state index in [9.17, 15) is 0 Å². The SMILES string of the molecule is C1=CC2C=Cc3cccc4c3C2C(=C1)C=C4.CC.CC.CC.CC. The van der Waals surface area contributed by atoms with Gasteiger partial charge in [-0.05, 0) is 22.3 Å². The minimum Gasteiger partial charge on any atom is -0.0767 e. The molecule has 1 aromatic carbocycles. The Kier molecular flexibility index (Phi) is 11.6. The summed E-state index contributed by atoms with van der Waals surface area (Å²) >= 11 is 0. The van der Waals surface area contributed by atoms with Gasteiger partial charge >= 0.3 is 0 Å². The lowest BCUT2D eigenvalue weighted by Crippen LogP contribution is -2.20. The quantitative estimate of drug-likeness (QED) is 0.453. The van der Waals surface area contributed by atoms with Crippen LogP contribution in [0.4, 0.5) is 0 Å². The molecular formula is C24H36. The maximum absolute atomic E-state index is 2.33. The van der Waals surface area contributed by atoms with Crippen molar-refractivity contribution in [3.63, 3.8) is 0 Å². The fraction of sp³-hybridized carbons (Fsp3) is 0.417. The third kappa shape index (κ3) is 4.60. The molecule has 0 aromatic heterocycles. The van der Waals surface area contributed by atoms with Crippen molar-refractivity contribution in [2.45, 2.75) is 61.3 Å². The summed E-state index contributed by atoms with van der Waals surface area (Å²) in [5, 5.41) is 0. The molecular weight excluding hydrogens is 288 g/mol. The van der Waals surface area contributed by atoms with Crippen molar-refractivity contribution in [2.24, 2.45) is 5.92 Å². The largest absolute Gasteiger partial charge is 0.0767 e. The fourth-order valence-corrected chi connectivity index (χ4v) is 3.08. The molecule has 0 spiro atoms. The highest BCUT2D eigenvalue weighted by Gasteiger charge is 2.31. The Morgan fingerprint density at radius 3 is 1.88 bits per heavy atom. The van der Waals surface area contributed by atoms with E-state index in [0.29, 0.717) is 11.8 Å². The van der Waals surface area contributed by atoms with Gasteiger partial charge in [-0.2, -0.15) is 0 Å². The highest BCUT2D eigenvalue weighted by molar-refractivity contribution is 5.74. The van der Waals surface area contributed by atoms with Crippen LogP contribution in [-0.4, -0.2) is 0 Å². The van der Waals surface area contributed by atoms with Crippen molar-refractivity contribution in [1.82, 2.24) is 0 Å². The highest BCUT2D eigenvalue weighted by Crippen LogP contribution is 2.46. The van der Waals surface area contributed by atoms with E-state index >= 15 is 0 Å². The monoisotopic (exact) mass is 324 g/mol. The number of hydrogen-bond acceptors (Lipinski definition) is 0. The molecule has 0 saturated carbocycles. The standard InChI is InChI=1S/C16H12.4C2H6/c1-3-11-7-9-13-5-2-6-14-10-8-12(4-1)15(11)16(13)14;4*1-2/h1-11,15H;4*1-2H3. The van der Waals surface area contributed by atoms with Gasteiger partial charge in [0.1, 0.15) is 0 Å². The minimum absolute atomic E-state index is 0.554. The zero-order valence-corrected chi connectivity index (χ0v) is 16.9. The van der Waals surface area contributed by atoms with Gasteiger partial charge in [-0.15, -0.1) is 0 Å². The van der Waals surface area contributed by atoms with Crippen LogP contribution < -0.4 is 0 Å². The molecule has 0 heterocycles. The van der Waals surface area contributed by atoms with Crippen molar-refractivity contribution in [3.05, 3.63) is 70.8 Å². The molecule has 2 atom stereocenters. The highest BCUT2D eigenvalue weighted by atomic mass is 14.3. The van der Waals surface area contributed by atoms with Gasteiger partial charge in [0.05, 0.1) is 0 Å². The average molecular weight is 325 g/mol. The predicted molar refractivity (Wildman–Crippen MR) is 113 cm³/mol. The number of rotatable bonds is 0. The second-order valence-corrected chi connectivity index (χ2v) is 4.65. The van der Waals surface area contributed by atoms with Crippen LogP contribution in [0.5, 0.6) is 0 Å². The Balaban J connectivity index is 0.000000588. The summed E-state index contributed by atoms with van der Waals surface area (Å²) in [7, 11) is 0. The molecule has 1 aromatic rings. The smallest absolute Gasteiger partial charge is 0.0199 e. The van der Waals surface area contributed by atoms with E-state index in [-0.39, 0.29) is 0 Å². The number of benzene rings is 1. The molecule has 0 fully saturated rings. The Labute approximate surface area is 150 Å². The molecule has 0 aliphatic heterocycles. The first-order chi connectivity index (χ1) is 11.9. The molecule has 0 radical (unpaired) electrons.